The van der Waals surface area contributed by atoms with Crippen molar-refractivity contribution >= 4 is 11.6 Å². The fourth-order valence-corrected chi connectivity index (χ4v) is 2.57. The predicted octanol–water partition coefficient (Wildman–Crippen LogP) is 2.38. The molecule has 0 bridgehead atoms. The van der Waals surface area contributed by atoms with E-state index in [0.29, 0.717) is 0 Å². The van der Waals surface area contributed by atoms with E-state index in [1.165, 1.54) is 25.1 Å². The molecule has 1 aromatic rings. The van der Waals surface area contributed by atoms with Gasteiger partial charge in [-0.05, 0) is 44.1 Å². The standard InChI is InChI=1S/C13H19ClN2/c1-15-8-11-6-7-16(9-11)10-12-4-2-3-5-13(12)14/h2-5,11,15H,6-10H2,1H3. The quantitative estimate of drug-likeness (QED) is 0.867. The topological polar surface area (TPSA) is 15.3 Å². The van der Waals surface area contributed by atoms with Gasteiger partial charge in [0.2, 0.25) is 0 Å². The fraction of sp³-hybridized carbons (Fsp3) is 0.538. The first-order valence-electron chi connectivity index (χ1n) is 5.90. The molecule has 1 aromatic carbocycles. The molecule has 0 amide bonds. The molecule has 3 heteroatoms. The Morgan fingerprint density at radius 3 is 3.00 bits per heavy atom. The van der Waals surface area contributed by atoms with Crippen molar-refractivity contribution in [3.05, 3.63) is 34.9 Å². The van der Waals surface area contributed by atoms with Crippen LogP contribution < -0.4 is 5.32 Å². The Bertz CT molecular complexity index is 340. The van der Waals surface area contributed by atoms with E-state index in [4.69, 9.17) is 11.6 Å². The largest absolute Gasteiger partial charge is 0.319 e. The molecule has 2 rings (SSSR count). The van der Waals surface area contributed by atoms with Crippen molar-refractivity contribution in [2.75, 3.05) is 26.7 Å². The van der Waals surface area contributed by atoms with Crippen molar-refractivity contribution in [3.8, 4) is 0 Å². The lowest BCUT2D eigenvalue weighted by Gasteiger charge is -2.16. The van der Waals surface area contributed by atoms with Gasteiger partial charge in [0.15, 0.2) is 0 Å². The number of rotatable bonds is 4. The Morgan fingerprint density at radius 2 is 2.25 bits per heavy atom. The molecule has 1 atom stereocenters. The minimum absolute atomic E-state index is 0.799. The summed E-state index contributed by atoms with van der Waals surface area (Å²) in [5.74, 6) is 0.799. The van der Waals surface area contributed by atoms with E-state index in [-0.39, 0.29) is 0 Å². The number of nitrogens with zero attached hydrogens (tertiary/aromatic N) is 1. The first-order chi connectivity index (χ1) is 7.79. The second kappa shape index (κ2) is 5.67. The highest BCUT2D eigenvalue weighted by Crippen LogP contribution is 2.21. The number of likely N-dealkylation sites (tertiary alicyclic amines) is 1. The molecular weight excluding hydrogens is 220 g/mol. The van der Waals surface area contributed by atoms with Gasteiger partial charge in [0, 0.05) is 18.1 Å². The second-order valence-corrected chi connectivity index (χ2v) is 4.95. The molecule has 0 spiro atoms. The Balaban J connectivity index is 1.90. The van der Waals surface area contributed by atoms with Crippen LogP contribution in [0.1, 0.15) is 12.0 Å². The van der Waals surface area contributed by atoms with E-state index in [2.05, 4.69) is 22.3 Å². The molecule has 1 saturated heterocycles. The van der Waals surface area contributed by atoms with Gasteiger partial charge in [-0.2, -0.15) is 0 Å². The molecule has 0 aliphatic carbocycles. The third-order valence-corrected chi connectivity index (χ3v) is 3.58. The summed E-state index contributed by atoms with van der Waals surface area (Å²) >= 11 is 6.16. The van der Waals surface area contributed by atoms with Crippen LogP contribution in [0.5, 0.6) is 0 Å². The highest BCUT2D eigenvalue weighted by Gasteiger charge is 2.21. The van der Waals surface area contributed by atoms with Crippen LogP contribution in [0.3, 0.4) is 0 Å². The van der Waals surface area contributed by atoms with Crippen LogP contribution in [0.4, 0.5) is 0 Å². The van der Waals surface area contributed by atoms with Crippen molar-refractivity contribution < 1.29 is 0 Å². The van der Waals surface area contributed by atoms with Crippen LogP contribution >= 0.6 is 11.6 Å². The minimum Gasteiger partial charge on any atom is -0.319 e. The normalized spacial score (nSPS) is 21.5. The van der Waals surface area contributed by atoms with Gasteiger partial charge in [-0.15, -0.1) is 0 Å². The number of hydrogen-bond acceptors (Lipinski definition) is 2. The molecule has 1 aliphatic rings. The maximum Gasteiger partial charge on any atom is 0.0451 e. The third-order valence-electron chi connectivity index (χ3n) is 3.21. The number of nitrogens with one attached hydrogen (secondary N) is 1. The highest BCUT2D eigenvalue weighted by molar-refractivity contribution is 6.31. The third kappa shape index (κ3) is 2.97. The molecular formula is C13H19ClN2. The van der Waals surface area contributed by atoms with Gasteiger partial charge in [-0.3, -0.25) is 4.90 Å². The van der Waals surface area contributed by atoms with E-state index in [0.717, 1.165) is 24.0 Å². The molecule has 1 heterocycles. The molecule has 0 radical (unpaired) electrons. The molecule has 1 unspecified atom stereocenters. The van der Waals surface area contributed by atoms with Crippen molar-refractivity contribution in [2.45, 2.75) is 13.0 Å². The lowest BCUT2D eigenvalue weighted by molar-refractivity contribution is 0.315. The van der Waals surface area contributed by atoms with Crippen molar-refractivity contribution in [1.82, 2.24) is 10.2 Å². The lowest BCUT2D eigenvalue weighted by atomic mass is 10.1. The van der Waals surface area contributed by atoms with Crippen LogP contribution in [0.25, 0.3) is 0 Å². The average Bonchev–Trinajstić information content (AvgIpc) is 2.70. The van der Waals surface area contributed by atoms with Crippen molar-refractivity contribution in [1.29, 1.82) is 0 Å². The van der Waals surface area contributed by atoms with Crippen LogP contribution in [0.2, 0.25) is 5.02 Å². The number of halogens is 1. The Kier molecular flexibility index (Phi) is 4.22. The fourth-order valence-electron chi connectivity index (χ4n) is 2.38. The zero-order valence-electron chi connectivity index (χ0n) is 9.75. The average molecular weight is 239 g/mol. The van der Waals surface area contributed by atoms with Gasteiger partial charge in [0.1, 0.15) is 0 Å². The van der Waals surface area contributed by atoms with E-state index in [9.17, 15) is 0 Å². The van der Waals surface area contributed by atoms with E-state index >= 15 is 0 Å². The molecule has 2 nitrogen and oxygen atoms in total. The number of benzene rings is 1. The molecule has 0 saturated carbocycles. The number of hydrogen-bond donors (Lipinski definition) is 1. The van der Waals surface area contributed by atoms with Crippen LogP contribution in [0.15, 0.2) is 24.3 Å². The predicted molar refractivity (Wildman–Crippen MR) is 68.8 cm³/mol. The van der Waals surface area contributed by atoms with E-state index in [1.54, 1.807) is 0 Å². The maximum atomic E-state index is 6.16. The Hall–Kier alpha value is -0.570. The SMILES string of the molecule is CNCC1CCN(Cc2ccccc2Cl)C1. The molecule has 1 aliphatic heterocycles. The zero-order valence-corrected chi connectivity index (χ0v) is 10.5. The van der Waals surface area contributed by atoms with Gasteiger partial charge in [-0.1, -0.05) is 29.8 Å². The van der Waals surface area contributed by atoms with Crippen LogP contribution in [-0.4, -0.2) is 31.6 Å². The van der Waals surface area contributed by atoms with E-state index < -0.39 is 0 Å². The van der Waals surface area contributed by atoms with Gasteiger partial charge < -0.3 is 5.32 Å². The molecule has 16 heavy (non-hydrogen) atoms. The summed E-state index contributed by atoms with van der Waals surface area (Å²) in [7, 11) is 2.02. The molecule has 1 fully saturated rings. The van der Waals surface area contributed by atoms with Gasteiger partial charge in [0.25, 0.3) is 0 Å². The first-order valence-corrected chi connectivity index (χ1v) is 6.27. The van der Waals surface area contributed by atoms with Crippen molar-refractivity contribution in [2.24, 2.45) is 5.92 Å². The summed E-state index contributed by atoms with van der Waals surface area (Å²) in [6, 6.07) is 8.13. The smallest absolute Gasteiger partial charge is 0.0451 e. The Labute approximate surface area is 103 Å². The summed E-state index contributed by atoms with van der Waals surface area (Å²) in [5.41, 5.74) is 1.24. The van der Waals surface area contributed by atoms with Gasteiger partial charge >= 0.3 is 0 Å². The van der Waals surface area contributed by atoms with Crippen molar-refractivity contribution in [3.63, 3.8) is 0 Å². The van der Waals surface area contributed by atoms with Crippen LogP contribution in [-0.2, 0) is 6.54 Å². The molecule has 0 aromatic heterocycles. The van der Waals surface area contributed by atoms with Gasteiger partial charge in [0.05, 0.1) is 0 Å². The second-order valence-electron chi connectivity index (χ2n) is 4.54. The lowest BCUT2D eigenvalue weighted by Crippen LogP contribution is -2.24. The van der Waals surface area contributed by atoms with Crippen LogP contribution in [0, 0.1) is 5.92 Å². The summed E-state index contributed by atoms with van der Waals surface area (Å²) in [6.07, 6.45) is 1.30. The summed E-state index contributed by atoms with van der Waals surface area (Å²) in [6.45, 7) is 4.49. The monoisotopic (exact) mass is 238 g/mol. The van der Waals surface area contributed by atoms with Gasteiger partial charge in [-0.25, -0.2) is 0 Å². The zero-order chi connectivity index (χ0) is 11.4. The summed E-state index contributed by atoms with van der Waals surface area (Å²) in [4.78, 5) is 2.49. The molecule has 1 N–H and O–H groups in total. The Morgan fingerprint density at radius 1 is 1.44 bits per heavy atom. The summed E-state index contributed by atoms with van der Waals surface area (Å²) in [5, 5.41) is 4.14. The first kappa shape index (κ1) is 11.9. The minimum atomic E-state index is 0.799. The van der Waals surface area contributed by atoms with E-state index in [1.807, 2.05) is 19.2 Å². The highest BCUT2D eigenvalue weighted by atomic mass is 35.5. The maximum absolute atomic E-state index is 6.16. The summed E-state index contributed by atoms with van der Waals surface area (Å²) < 4.78 is 0. The molecule has 88 valence electrons.